The Bertz CT molecular complexity index is 451. The average Bonchev–Trinajstić information content (AvgIpc) is 2.64. The molecule has 0 amide bonds. The number of hydrogen-bond donors (Lipinski definition) is 2. The monoisotopic (exact) mass is 195 g/mol. The van der Waals surface area contributed by atoms with Crippen LogP contribution in [0.2, 0.25) is 0 Å². The van der Waals surface area contributed by atoms with Gasteiger partial charge in [0.15, 0.2) is 0 Å². The molecule has 1 heterocycles. The second-order valence-corrected chi connectivity index (χ2v) is 2.84. The van der Waals surface area contributed by atoms with Gasteiger partial charge in [0, 0.05) is 23.4 Å². The number of anilines is 1. The van der Waals surface area contributed by atoms with E-state index in [0.717, 1.165) is 12.1 Å². The van der Waals surface area contributed by atoms with Crippen LogP contribution in [0.5, 0.6) is 0 Å². The number of nitrogens with one attached hydrogen (secondary N) is 1. The number of nitrogens with zero attached hydrogens (tertiary/aromatic N) is 1. The van der Waals surface area contributed by atoms with Gasteiger partial charge in [-0.15, -0.1) is 0 Å². The molecule has 0 radical (unpaired) electrons. The lowest BCUT2D eigenvalue weighted by Crippen LogP contribution is -1.93. The largest absolute Gasteiger partial charge is 0.396 e. The Morgan fingerprint density at radius 1 is 1.21 bits per heavy atom. The molecular weight excluding hydrogens is 188 g/mol. The van der Waals surface area contributed by atoms with Gasteiger partial charge in [-0.3, -0.25) is 5.10 Å². The molecule has 0 aliphatic rings. The molecule has 0 aliphatic carbocycles. The van der Waals surface area contributed by atoms with Gasteiger partial charge >= 0.3 is 0 Å². The van der Waals surface area contributed by atoms with E-state index >= 15 is 0 Å². The summed E-state index contributed by atoms with van der Waals surface area (Å²) >= 11 is 0. The Balaban J connectivity index is 2.60. The summed E-state index contributed by atoms with van der Waals surface area (Å²) in [6.07, 6.45) is 2.89. The maximum Gasteiger partial charge on any atom is 0.146 e. The van der Waals surface area contributed by atoms with Crippen molar-refractivity contribution in [2.24, 2.45) is 0 Å². The van der Waals surface area contributed by atoms with Crippen molar-refractivity contribution in [2.45, 2.75) is 0 Å². The molecule has 2 rings (SSSR count). The lowest BCUT2D eigenvalue weighted by Gasteiger charge is -2.02. The fourth-order valence-corrected chi connectivity index (χ4v) is 1.18. The highest BCUT2D eigenvalue weighted by molar-refractivity contribution is 5.65. The van der Waals surface area contributed by atoms with Gasteiger partial charge in [-0.1, -0.05) is 0 Å². The van der Waals surface area contributed by atoms with Gasteiger partial charge in [-0.2, -0.15) is 5.10 Å². The zero-order chi connectivity index (χ0) is 10.1. The van der Waals surface area contributed by atoms with Crippen LogP contribution in [0.25, 0.3) is 11.1 Å². The molecule has 2 aromatic rings. The standard InChI is InChI=1S/C9H7F2N3/c10-7-2-9(12)8(11)1-6(7)5-3-13-14-4-5/h1-4H,12H2,(H,13,14). The Morgan fingerprint density at radius 2 is 2.00 bits per heavy atom. The van der Waals surface area contributed by atoms with E-state index < -0.39 is 11.6 Å². The van der Waals surface area contributed by atoms with Gasteiger partial charge in [0.2, 0.25) is 0 Å². The van der Waals surface area contributed by atoms with Gasteiger partial charge < -0.3 is 5.73 Å². The van der Waals surface area contributed by atoms with E-state index in [-0.39, 0.29) is 11.3 Å². The van der Waals surface area contributed by atoms with E-state index in [2.05, 4.69) is 10.2 Å². The number of H-pyrrole nitrogens is 1. The topological polar surface area (TPSA) is 54.7 Å². The molecule has 0 bridgehead atoms. The van der Waals surface area contributed by atoms with Crippen molar-refractivity contribution in [3.05, 3.63) is 36.2 Å². The van der Waals surface area contributed by atoms with E-state index in [1.165, 1.54) is 12.4 Å². The van der Waals surface area contributed by atoms with Crippen molar-refractivity contribution < 1.29 is 8.78 Å². The van der Waals surface area contributed by atoms with Crippen LogP contribution in [0, 0.1) is 11.6 Å². The normalized spacial score (nSPS) is 10.4. The first-order valence-corrected chi connectivity index (χ1v) is 3.92. The predicted octanol–water partition coefficient (Wildman–Crippen LogP) is 1.94. The van der Waals surface area contributed by atoms with Crippen molar-refractivity contribution in [1.29, 1.82) is 0 Å². The van der Waals surface area contributed by atoms with Gasteiger partial charge in [-0.05, 0) is 6.07 Å². The zero-order valence-electron chi connectivity index (χ0n) is 7.09. The summed E-state index contributed by atoms with van der Waals surface area (Å²) in [6, 6.07) is 2.01. The number of aromatic nitrogens is 2. The van der Waals surface area contributed by atoms with Crippen LogP contribution in [0.4, 0.5) is 14.5 Å². The fourth-order valence-electron chi connectivity index (χ4n) is 1.18. The summed E-state index contributed by atoms with van der Waals surface area (Å²) < 4.78 is 26.3. The minimum Gasteiger partial charge on any atom is -0.396 e. The molecule has 0 saturated carbocycles. The van der Waals surface area contributed by atoms with Gasteiger partial charge in [-0.25, -0.2) is 8.78 Å². The second kappa shape index (κ2) is 3.10. The first-order chi connectivity index (χ1) is 6.68. The smallest absolute Gasteiger partial charge is 0.146 e. The molecule has 0 spiro atoms. The van der Waals surface area contributed by atoms with Crippen molar-refractivity contribution in [3.8, 4) is 11.1 Å². The summed E-state index contributed by atoms with van der Waals surface area (Å²) in [7, 11) is 0. The summed E-state index contributed by atoms with van der Waals surface area (Å²) in [6.45, 7) is 0. The summed E-state index contributed by atoms with van der Waals surface area (Å²) in [4.78, 5) is 0. The van der Waals surface area contributed by atoms with Crippen LogP contribution in [-0.2, 0) is 0 Å². The van der Waals surface area contributed by atoms with Gasteiger partial charge in [0.05, 0.1) is 11.9 Å². The molecular formula is C9H7F2N3. The summed E-state index contributed by atoms with van der Waals surface area (Å²) in [5.41, 5.74) is 5.64. The number of aromatic amines is 1. The van der Waals surface area contributed by atoms with Crippen LogP contribution in [0.15, 0.2) is 24.5 Å². The number of nitrogens with two attached hydrogens (primary N) is 1. The minimum atomic E-state index is -0.636. The quantitative estimate of drug-likeness (QED) is 0.683. The molecule has 1 aromatic carbocycles. The van der Waals surface area contributed by atoms with Crippen molar-refractivity contribution in [1.82, 2.24) is 10.2 Å². The molecule has 3 N–H and O–H groups in total. The summed E-state index contributed by atoms with van der Waals surface area (Å²) in [5.74, 6) is -1.20. The fraction of sp³-hybridized carbons (Fsp3) is 0. The molecule has 5 heteroatoms. The van der Waals surface area contributed by atoms with Crippen LogP contribution in [0.3, 0.4) is 0 Å². The highest BCUT2D eigenvalue weighted by Crippen LogP contribution is 2.25. The molecule has 3 nitrogen and oxygen atoms in total. The number of hydrogen-bond acceptors (Lipinski definition) is 2. The number of nitrogen functional groups attached to an aromatic ring is 1. The molecule has 0 saturated heterocycles. The molecule has 0 aliphatic heterocycles. The van der Waals surface area contributed by atoms with Gasteiger partial charge in [0.25, 0.3) is 0 Å². The third kappa shape index (κ3) is 1.32. The van der Waals surface area contributed by atoms with Crippen molar-refractivity contribution in [3.63, 3.8) is 0 Å². The van der Waals surface area contributed by atoms with Crippen LogP contribution in [0.1, 0.15) is 0 Å². The maximum absolute atomic E-state index is 13.3. The third-order valence-corrected chi connectivity index (χ3v) is 1.90. The SMILES string of the molecule is Nc1cc(F)c(-c2cn[nH]c2)cc1F. The Kier molecular flexibility index (Phi) is 1.92. The molecule has 0 unspecified atom stereocenters. The first-order valence-electron chi connectivity index (χ1n) is 3.92. The zero-order valence-corrected chi connectivity index (χ0v) is 7.09. The second-order valence-electron chi connectivity index (χ2n) is 2.84. The minimum absolute atomic E-state index is 0.144. The maximum atomic E-state index is 13.3. The van der Waals surface area contributed by atoms with E-state index in [4.69, 9.17) is 5.73 Å². The van der Waals surface area contributed by atoms with E-state index in [1.807, 2.05) is 0 Å². The summed E-state index contributed by atoms with van der Waals surface area (Å²) in [5, 5.41) is 6.17. The molecule has 72 valence electrons. The Morgan fingerprint density at radius 3 is 2.64 bits per heavy atom. The van der Waals surface area contributed by atoms with Crippen molar-refractivity contribution >= 4 is 5.69 Å². The lowest BCUT2D eigenvalue weighted by molar-refractivity contribution is 0.607. The number of halogens is 2. The third-order valence-electron chi connectivity index (χ3n) is 1.90. The highest BCUT2D eigenvalue weighted by Gasteiger charge is 2.10. The van der Waals surface area contributed by atoms with E-state index in [9.17, 15) is 8.78 Å². The molecule has 1 aromatic heterocycles. The Hall–Kier alpha value is -1.91. The van der Waals surface area contributed by atoms with Gasteiger partial charge in [0.1, 0.15) is 11.6 Å². The van der Waals surface area contributed by atoms with E-state index in [0.29, 0.717) is 5.56 Å². The highest BCUT2D eigenvalue weighted by atomic mass is 19.1. The predicted molar refractivity (Wildman–Crippen MR) is 48.4 cm³/mol. The van der Waals surface area contributed by atoms with Crippen molar-refractivity contribution in [2.75, 3.05) is 5.73 Å². The number of rotatable bonds is 1. The molecule has 0 fully saturated rings. The van der Waals surface area contributed by atoms with Crippen LogP contribution >= 0.6 is 0 Å². The molecule has 0 atom stereocenters. The van der Waals surface area contributed by atoms with Crippen LogP contribution < -0.4 is 5.73 Å². The molecule has 14 heavy (non-hydrogen) atoms. The van der Waals surface area contributed by atoms with E-state index in [1.54, 1.807) is 0 Å². The van der Waals surface area contributed by atoms with Crippen LogP contribution in [-0.4, -0.2) is 10.2 Å². The Labute approximate surface area is 78.6 Å². The lowest BCUT2D eigenvalue weighted by atomic mass is 10.1. The average molecular weight is 195 g/mol. The number of benzene rings is 1. The first kappa shape index (κ1) is 8.68.